The fraction of sp³-hybridized carbons (Fsp3) is 0.179. The third-order valence-electron chi connectivity index (χ3n) is 5.56. The third-order valence-corrected chi connectivity index (χ3v) is 5.56. The van der Waals surface area contributed by atoms with E-state index in [0.29, 0.717) is 17.9 Å². The van der Waals surface area contributed by atoms with Gasteiger partial charge in [-0.15, -0.1) is 0 Å². The molecule has 0 atom stereocenters. The van der Waals surface area contributed by atoms with Crippen molar-refractivity contribution < 1.29 is 14.3 Å². The fourth-order valence-corrected chi connectivity index (χ4v) is 3.98. The van der Waals surface area contributed by atoms with Crippen LogP contribution >= 0.6 is 0 Å². The van der Waals surface area contributed by atoms with Crippen molar-refractivity contribution in [1.82, 2.24) is 4.98 Å². The summed E-state index contributed by atoms with van der Waals surface area (Å²) in [7, 11) is 0. The Balaban J connectivity index is 1.74. The number of fused-ring (bicyclic) bond motifs is 1. The lowest BCUT2D eigenvalue weighted by Crippen LogP contribution is -2.07. The zero-order chi connectivity index (χ0) is 23.2. The van der Waals surface area contributed by atoms with Gasteiger partial charge in [-0.1, -0.05) is 36.9 Å². The first-order valence-corrected chi connectivity index (χ1v) is 11.1. The van der Waals surface area contributed by atoms with Crippen LogP contribution in [0.5, 0.6) is 0 Å². The Labute approximate surface area is 193 Å². The number of aryl methyl sites for hydroxylation is 1. The third kappa shape index (κ3) is 5.09. The molecule has 5 nitrogen and oxygen atoms in total. The van der Waals surface area contributed by atoms with Crippen LogP contribution in [0.1, 0.15) is 46.9 Å². The lowest BCUT2D eigenvalue weighted by molar-refractivity contribution is -0.111. The average Bonchev–Trinajstić information content (AvgIpc) is 3.06. The summed E-state index contributed by atoms with van der Waals surface area (Å²) in [5.41, 5.74) is 7.29. The number of carbonyl (C=O) groups is 2. The predicted molar refractivity (Wildman–Crippen MR) is 131 cm³/mol. The number of allylic oxidation sites excluding steroid dienone is 1. The molecule has 2 aromatic carbocycles. The van der Waals surface area contributed by atoms with E-state index in [-0.39, 0.29) is 11.9 Å². The molecule has 0 aliphatic heterocycles. The summed E-state index contributed by atoms with van der Waals surface area (Å²) in [6, 6.07) is 17.4. The lowest BCUT2D eigenvalue weighted by atomic mass is 9.93. The smallest absolute Gasteiger partial charge is 0.338 e. The van der Waals surface area contributed by atoms with Gasteiger partial charge in [0, 0.05) is 28.7 Å². The second kappa shape index (κ2) is 10.1. The molecule has 0 fully saturated rings. The van der Waals surface area contributed by atoms with Gasteiger partial charge in [-0.3, -0.25) is 9.78 Å². The van der Waals surface area contributed by atoms with Crippen molar-refractivity contribution in [3.63, 3.8) is 0 Å². The Morgan fingerprint density at radius 1 is 1.09 bits per heavy atom. The molecule has 0 bridgehead atoms. The number of esters is 1. The van der Waals surface area contributed by atoms with Crippen LogP contribution in [0.15, 0.2) is 79.5 Å². The van der Waals surface area contributed by atoms with E-state index >= 15 is 0 Å². The van der Waals surface area contributed by atoms with Gasteiger partial charge in [0.25, 0.3) is 0 Å². The maximum atomic E-state index is 12.3. The van der Waals surface area contributed by atoms with Gasteiger partial charge in [0.1, 0.15) is 0 Å². The molecule has 0 saturated heterocycles. The number of nitrogens with zero attached hydrogens (tertiary/aromatic N) is 1. The number of hydrogen-bond donors (Lipinski definition) is 1. The highest BCUT2D eigenvalue weighted by Gasteiger charge is 2.17. The number of pyridine rings is 1. The van der Waals surface area contributed by atoms with Gasteiger partial charge in [0.05, 0.1) is 12.2 Å². The first kappa shape index (κ1) is 22.2. The van der Waals surface area contributed by atoms with Crippen LogP contribution in [0.3, 0.4) is 0 Å². The average molecular weight is 439 g/mol. The molecule has 0 spiro atoms. The molecule has 1 aromatic heterocycles. The van der Waals surface area contributed by atoms with E-state index in [1.807, 2.05) is 48.7 Å². The number of anilines is 1. The van der Waals surface area contributed by atoms with Gasteiger partial charge >= 0.3 is 5.97 Å². The molecule has 1 N–H and O–H groups in total. The maximum Gasteiger partial charge on any atom is 0.338 e. The van der Waals surface area contributed by atoms with E-state index < -0.39 is 0 Å². The number of carbonyl (C=O) groups excluding carboxylic acids is 2. The van der Waals surface area contributed by atoms with Gasteiger partial charge in [-0.25, -0.2) is 4.79 Å². The first-order valence-electron chi connectivity index (χ1n) is 11.1. The second-order valence-corrected chi connectivity index (χ2v) is 7.80. The molecule has 5 heteroatoms. The van der Waals surface area contributed by atoms with Crippen LogP contribution < -0.4 is 5.32 Å². The Bertz CT molecular complexity index is 1240. The highest BCUT2D eigenvalue weighted by atomic mass is 16.5. The van der Waals surface area contributed by atoms with E-state index in [1.165, 1.54) is 6.08 Å². The number of hydrogen-bond acceptors (Lipinski definition) is 4. The molecule has 0 radical (unpaired) electrons. The summed E-state index contributed by atoms with van der Waals surface area (Å²) in [5, 5.41) is 2.80. The van der Waals surface area contributed by atoms with Gasteiger partial charge in [-0.05, 0) is 79.3 Å². The highest BCUT2D eigenvalue weighted by molar-refractivity contribution is 5.99. The SMILES string of the molecule is C=CC(=O)Nc1cccc(-c2cnc3c(c2)C(c2cccc(C(=O)OCC)c2)=CCCC3)c1. The second-order valence-electron chi connectivity index (χ2n) is 7.80. The number of aromatic nitrogens is 1. The molecular formula is C28H26N2O3. The van der Waals surface area contributed by atoms with Crippen LogP contribution in [0.2, 0.25) is 0 Å². The molecule has 33 heavy (non-hydrogen) atoms. The number of rotatable bonds is 6. The molecule has 166 valence electrons. The van der Waals surface area contributed by atoms with Crippen LogP contribution in [0, 0.1) is 0 Å². The minimum Gasteiger partial charge on any atom is -0.462 e. The van der Waals surface area contributed by atoms with Crippen LogP contribution in [-0.2, 0) is 16.0 Å². The lowest BCUT2D eigenvalue weighted by Gasteiger charge is -2.14. The minimum absolute atomic E-state index is 0.251. The zero-order valence-corrected chi connectivity index (χ0v) is 18.6. The van der Waals surface area contributed by atoms with Crippen LogP contribution in [0.25, 0.3) is 16.7 Å². The van der Waals surface area contributed by atoms with Crippen LogP contribution in [0.4, 0.5) is 5.69 Å². The van der Waals surface area contributed by atoms with Crippen molar-refractivity contribution in [3.8, 4) is 11.1 Å². The number of benzene rings is 2. The van der Waals surface area contributed by atoms with Crippen molar-refractivity contribution in [2.24, 2.45) is 0 Å². The van der Waals surface area contributed by atoms with E-state index in [2.05, 4.69) is 24.0 Å². The van der Waals surface area contributed by atoms with E-state index in [0.717, 1.165) is 52.8 Å². The van der Waals surface area contributed by atoms with Crippen molar-refractivity contribution in [2.45, 2.75) is 26.2 Å². The molecule has 1 heterocycles. The summed E-state index contributed by atoms with van der Waals surface area (Å²) in [4.78, 5) is 28.8. The van der Waals surface area contributed by atoms with Crippen molar-refractivity contribution in [3.05, 3.63) is 102 Å². The molecule has 1 aliphatic carbocycles. The van der Waals surface area contributed by atoms with Gasteiger partial charge in [0.15, 0.2) is 0 Å². The standard InChI is InChI=1S/C28H26N2O3/c1-3-27(31)30-23-12-8-9-19(16-23)22-17-25-24(13-5-6-14-26(25)29-18-22)20-10-7-11-21(15-20)28(32)33-4-2/h3,7-13,15-18H,1,4-6,14H2,2H3,(H,30,31). The van der Waals surface area contributed by atoms with Crippen molar-refractivity contribution >= 4 is 23.1 Å². The van der Waals surface area contributed by atoms with Crippen molar-refractivity contribution in [1.29, 1.82) is 0 Å². The monoisotopic (exact) mass is 438 g/mol. The summed E-state index contributed by atoms with van der Waals surface area (Å²) < 4.78 is 5.18. The predicted octanol–water partition coefficient (Wildman–Crippen LogP) is 5.82. The molecule has 4 rings (SSSR count). The number of nitrogens with one attached hydrogen (secondary N) is 1. The Hall–Kier alpha value is -3.99. The molecular weight excluding hydrogens is 412 g/mol. The largest absolute Gasteiger partial charge is 0.462 e. The summed E-state index contributed by atoms with van der Waals surface area (Å²) in [6.45, 7) is 5.65. The molecule has 1 aliphatic rings. The Morgan fingerprint density at radius 3 is 2.73 bits per heavy atom. The van der Waals surface area contributed by atoms with Gasteiger partial charge < -0.3 is 10.1 Å². The molecule has 0 unspecified atom stereocenters. The normalized spacial score (nSPS) is 12.7. The fourth-order valence-electron chi connectivity index (χ4n) is 3.98. The quantitative estimate of drug-likeness (QED) is 0.389. The number of ether oxygens (including phenoxy) is 1. The van der Waals surface area contributed by atoms with Gasteiger partial charge in [-0.2, -0.15) is 0 Å². The zero-order valence-electron chi connectivity index (χ0n) is 18.6. The summed E-state index contributed by atoms with van der Waals surface area (Å²) in [5.74, 6) is -0.571. The minimum atomic E-state index is -0.320. The summed E-state index contributed by atoms with van der Waals surface area (Å²) in [6.07, 6.45) is 8.20. The Morgan fingerprint density at radius 2 is 1.91 bits per heavy atom. The van der Waals surface area contributed by atoms with Crippen LogP contribution in [-0.4, -0.2) is 23.5 Å². The van der Waals surface area contributed by atoms with E-state index in [1.54, 1.807) is 13.0 Å². The topological polar surface area (TPSA) is 68.3 Å². The van der Waals surface area contributed by atoms with E-state index in [9.17, 15) is 9.59 Å². The van der Waals surface area contributed by atoms with E-state index in [4.69, 9.17) is 9.72 Å². The van der Waals surface area contributed by atoms with Gasteiger partial charge in [0.2, 0.25) is 5.91 Å². The molecule has 0 saturated carbocycles. The molecule has 1 amide bonds. The summed E-state index contributed by atoms with van der Waals surface area (Å²) >= 11 is 0. The Kier molecular flexibility index (Phi) is 6.79. The van der Waals surface area contributed by atoms with Crippen molar-refractivity contribution in [2.75, 3.05) is 11.9 Å². The highest BCUT2D eigenvalue weighted by Crippen LogP contribution is 2.34. The number of amides is 1. The maximum absolute atomic E-state index is 12.3. The molecule has 3 aromatic rings. The first-order chi connectivity index (χ1) is 16.1.